The van der Waals surface area contributed by atoms with Crippen LogP contribution in [-0.2, 0) is 11.3 Å². The Bertz CT molecular complexity index is 517. The minimum atomic E-state index is -4.54. The zero-order valence-electron chi connectivity index (χ0n) is 12.1. The summed E-state index contributed by atoms with van der Waals surface area (Å²) in [5, 5.41) is 11.8. The van der Waals surface area contributed by atoms with Crippen molar-refractivity contribution in [3.05, 3.63) is 29.6 Å². The van der Waals surface area contributed by atoms with E-state index in [2.05, 4.69) is 10.1 Å². The van der Waals surface area contributed by atoms with Gasteiger partial charge >= 0.3 is 12.1 Å². The molecular formula is C14H17F4NO3. The maximum atomic E-state index is 13.6. The number of hydrogen-bond donors (Lipinski definition) is 2. The summed E-state index contributed by atoms with van der Waals surface area (Å²) in [6.07, 6.45) is -4.54. The van der Waals surface area contributed by atoms with Crippen LogP contribution in [0, 0.1) is 11.7 Å². The summed E-state index contributed by atoms with van der Waals surface area (Å²) in [6.45, 7) is 1.95. The third-order valence-electron chi connectivity index (χ3n) is 2.85. The highest BCUT2D eigenvalue weighted by Crippen LogP contribution is 2.22. The van der Waals surface area contributed by atoms with E-state index in [4.69, 9.17) is 5.11 Å². The van der Waals surface area contributed by atoms with Crippen molar-refractivity contribution in [2.45, 2.75) is 32.6 Å². The van der Waals surface area contributed by atoms with Crippen LogP contribution in [0.3, 0.4) is 0 Å². The topological polar surface area (TPSA) is 58.6 Å². The predicted octanol–water partition coefficient (Wildman–Crippen LogP) is 2.97. The lowest BCUT2D eigenvalue weighted by molar-refractivity contribution is -0.153. The predicted molar refractivity (Wildman–Crippen MR) is 71.1 cm³/mol. The molecule has 0 bridgehead atoms. The van der Waals surface area contributed by atoms with Gasteiger partial charge in [-0.2, -0.15) is 13.2 Å². The summed E-state index contributed by atoms with van der Waals surface area (Å²) in [7, 11) is 0. The molecule has 1 rings (SSSR count). The molecule has 0 fully saturated rings. The lowest BCUT2D eigenvalue weighted by atomic mass is 10.0. The van der Waals surface area contributed by atoms with Crippen LogP contribution in [0.25, 0.3) is 0 Å². The second kappa shape index (κ2) is 7.44. The lowest BCUT2D eigenvalue weighted by Crippen LogP contribution is -2.40. The fourth-order valence-electron chi connectivity index (χ4n) is 1.77. The molecule has 0 aliphatic heterocycles. The normalized spacial score (nSPS) is 13.2. The SMILES string of the molecule is CC(C)[C@@H](NCc1ccc(OCC(F)(F)F)c(F)c1)C(=O)O. The van der Waals surface area contributed by atoms with Gasteiger partial charge in [0, 0.05) is 6.54 Å². The Hall–Kier alpha value is -1.83. The smallest absolute Gasteiger partial charge is 0.422 e. The molecule has 0 heterocycles. The molecule has 0 radical (unpaired) electrons. The van der Waals surface area contributed by atoms with Crippen LogP contribution in [0.15, 0.2) is 18.2 Å². The largest absolute Gasteiger partial charge is 0.481 e. The monoisotopic (exact) mass is 323 g/mol. The van der Waals surface area contributed by atoms with Crippen molar-refractivity contribution in [3.8, 4) is 5.75 Å². The highest BCUT2D eigenvalue weighted by Gasteiger charge is 2.29. The van der Waals surface area contributed by atoms with Gasteiger partial charge in [0.1, 0.15) is 6.04 Å². The number of rotatable bonds is 7. The Morgan fingerprint density at radius 3 is 2.45 bits per heavy atom. The van der Waals surface area contributed by atoms with E-state index in [1.54, 1.807) is 13.8 Å². The number of hydrogen-bond acceptors (Lipinski definition) is 3. The minimum absolute atomic E-state index is 0.0750. The van der Waals surface area contributed by atoms with E-state index in [-0.39, 0.29) is 12.5 Å². The second-order valence-corrected chi connectivity index (χ2v) is 5.11. The van der Waals surface area contributed by atoms with Crippen LogP contribution in [0.5, 0.6) is 5.75 Å². The van der Waals surface area contributed by atoms with Crippen LogP contribution in [0.4, 0.5) is 17.6 Å². The third kappa shape index (κ3) is 5.88. The zero-order chi connectivity index (χ0) is 16.9. The average Bonchev–Trinajstić information content (AvgIpc) is 2.35. The molecule has 22 heavy (non-hydrogen) atoms. The number of halogens is 4. The van der Waals surface area contributed by atoms with E-state index < -0.39 is 36.4 Å². The van der Waals surface area contributed by atoms with Gasteiger partial charge in [-0.25, -0.2) is 4.39 Å². The van der Waals surface area contributed by atoms with Crippen LogP contribution < -0.4 is 10.1 Å². The molecule has 0 aromatic heterocycles. The Labute approximate surface area is 125 Å². The molecular weight excluding hydrogens is 306 g/mol. The van der Waals surface area contributed by atoms with E-state index in [0.717, 1.165) is 12.1 Å². The summed E-state index contributed by atoms with van der Waals surface area (Å²) in [5.74, 6) is -2.63. The molecule has 0 unspecified atom stereocenters. The Kier molecular flexibility index (Phi) is 6.16. The summed E-state index contributed by atoms with van der Waals surface area (Å²) >= 11 is 0. The molecule has 0 spiro atoms. The van der Waals surface area contributed by atoms with Crippen molar-refractivity contribution in [2.75, 3.05) is 6.61 Å². The number of alkyl halides is 3. The van der Waals surface area contributed by atoms with Gasteiger partial charge in [0.2, 0.25) is 0 Å². The van der Waals surface area contributed by atoms with Crippen LogP contribution in [0.1, 0.15) is 19.4 Å². The summed E-state index contributed by atoms with van der Waals surface area (Å²) < 4.78 is 54.0. The number of nitrogens with one attached hydrogen (secondary N) is 1. The van der Waals surface area contributed by atoms with Gasteiger partial charge in [-0.3, -0.25) is 4.79 Å². The Morgan fingerprint density at radius 1 is 1.36 bits per heavy atom. The number of benzene rings is 1. The van der Waals surface area contributed by atoms with Gasteiger partial charge < -0.3 is 15.2 Å². The van der Waals surface area contributed by atoms with Crippen LogP contribution in [-0.4, -0.2) is 29.9 Å². The maximum Gasteiger partial charge on any atom is 0.422 e. The molecule has 0 amide bonds. The van der Waals surface area contributed by atoms with E-state index in [1.807, 2.05) is 0 Å². The van der Waals surface area contributed by atoms with Crippen molar-refractivity contribution in [2.24, 2.45) is 5.92 Å². The molecule has 8 heteroatoms. The summed E-state index contributed by atoms with van der Waals surface area (Å²) in [5.41, 5.74) is 0.406. The van der Waals surface area contributed by atoms with Crippen molar-refractivity contribution in [3.63, 3.8) is 0 Å². The quantitative estimate of drug-likeness (QED) is 0.758. The molecule has 1 aromatic carbocycles. The number of ether oxygens (including phenoxy) is 1. The van der Waals surface area contributed by atoms with Gasteiger partial charge in [-0.05, 0) is 23.6 Å². The number of carboxylic acids is 1. The first-order valence-electron chi connectivity index (χ1n) is 6.54. The summed E-state index contributed by atoms with van der Waals surface area (Å²) in [4.78, 5) is 11.0. The van der Waals surface area contributed by atoms with E-state index in [0.29, 0.717) is 5.56 Å². The molecule has 0 saturated carbocycles. The third-order valence-corrected chi connectivity index (χ3v) is 2.85. The molecule has 4 nitrogen and oxygen atoms in total. The van der Waals surface area contributed by atoms with Gasteiger partial charge in [-0.1, -0.05) is 19.9 Å². The first-order chi connectivity index (χ1) is 10.1. The second-order valence-electron chi connectivity index (χ2n) is 5.11. The van der Waals surface area contributed by atoms with Crippen molar-refractivity contribution in [1.29, 1.82) is 0 Å². The highest BCUT2D eigenvalue weighted by atomic mass is 19.4. The first kappa shape index (κ1) is 18.2. The fraction of sp³-hybridized carbons (Fsp3) is 0.500. The zero-order valence-corrected chi connectivity index (χ0v) is 12.1. The molecule has 0 aliphatic carbocycles. The molecule has 0 saturated heterocycles. The van der Waals surface area contributed by atoms with E-state index in [1.165, 1.54) is 6.07 Å². The molecule has 2 N–H and O–H groups in total. The Morgan fingerprint density at radius 2 is 2.00 bits per heavy atom. The number of carboxylic acid groups (broad SMARTS) is 1. The van der Waals surface area contributed by atoms with E-state index >= 15 is 0 Å². The highest BCUT2D eigenvalue weighted by molar-refractivity contribution is 5.73. The summed E-state index contributed by atoms with van der Waals surface area (Å²) in [6, 6.07) is 2.67. The van der Waals surface area contributed by atoms with Gasteiger partial charge in [0.25, 0.3) is 0 Å². The molecule has 1 aromatic rings. The van der Waals surface area contributed by atoms with Gasteiger partial charge in [0.05, 0.1) is 0 Å². The molecule has 0 aliphatic rings. The van der Waals surface area contributed by atoms with Crippen LogP contribution in [0.2, 0.25) is 0 Å². The van der Waals surface area contributed by atoms with Crippen molar-refractivity contribution < 1.29 is 32.2 Å². The number of aliphatic carboxylic acids is 1. The lowest BCUT2D eigenvalue weighted by Gasteiger charge is -2.18. The number of carbonyl (C=O) groups is 1. The van der Waals surface area contributed by atoms with Crippen molar-refractivity contribution >= 4 is 5.97 Å². The Balaban J connectivity index is 2.67. The maximum absolute atomic E-state index is 13.6. The van der Waals surface area contributed by atoms with E-state index in [9.17, 15) is 22.4 Å². The van der Waals surface area contributed by atoms with Gasteiger partial charge in [0.15, 0.2) is 18.2 Å². The molecule has 124 valence electrons. The standard InChI is InChI=1S/C14H17F4NO3/c1-8(2)12(13(20)21)19-6-9-3-4-11(10(15)5-9)22-7-14(16,17)18/h3-5,8,12,19H,6-7H2,1-2H3,(H,20,21)/t12-/m1/s1. The fourth-order valence-corrected chi connectivity index (χ4v) is 1.77. The van der Waals surface area contributed by atoms with Crippen LogP contribution >= 0.6 is 0 Å². The average molecular weight is 323 g/mol. The van der Waals surface area contributed by atoms with Gasteiger partial charge in [-0.15, -0.1) is 0 Å². The first-order valence-corrected chi connectivity index (χ1v) is 6.54. The minimum Gasteiger partial charge on any atom is -0.481 e. The molecule has 1 atom stereocenters. The van der Waals surface area contributed by atoms with Crippen molar-refractivity contribution in [1.82, 2.24) is 5.32 Å².